The highest BCUT2D eigenvalue weighted by Gasteiger charge is 2.34. The van der Waals surface area contributed by atoms with Crippen LogP contribution in [0.4, 0.5) is 9.39 Å². The first kappa shape index (κ1) is 15.1. The summed E-state index contributed by atoms with van der Waals surface area (Å²) in [6, 6.07) is 8.34. The Labute approximate surface area is 133 Å². The van der Waals surface area contributed by atoms with Crippen molar-refractivity contribution in [3.8, 4) is 0 Å². The van der Waals surface area contributed by atoms with Gasteiger partial charge in [0.25, 0.3) is 5.90 Å². The van der Waals surface area contributed by atoms with Crippen LogP contribution in [0.25, 0.3) is 0 Å². The van der Waals surface area contributed by atoms with Crippen molar-refractivity contribution in [3.05, 3.63) is 62.8 Å². The van der Waals surface area contributed by atoms with Crippen LogP contribution in [0.3, 0.4) is 0 Å². The smallest absolute Gasteiger partial charge is 0.324 e. The molecular weight excluding hydrogens is 325 g/mol. The van der Waals surface area contributed by atoms with Gasteiger partial charge >= 0.3 is 5.00 Å². The fourth-order valence-corrected chi connectivity index (χ4v) is 2.80. The molecule has 1 unspecified atom stereocenters. The molecule has 0 spiro atoms. The Balaban J connectivity index is 1.91. The number of nitro groups is 1. The van der Waals surface area contributed by atoms with E-state index >= 15 is 0 Å². The monoisotopic (exact) mass is 335 g/mol. The maximum Gasteiger partial charge on any atom is 0.324 e. The second-order valence-corrected chi connectivity index (χ2v) is 5.75. The third-order valence-electron chi connectivity index (χ3n) is 3.10. The third-order valence-corrected chi connectivity index (χ3v) is 4.13. The zero-order valence-electron chi connectivity index (χ0n) is 11.8. The molecule has 0 fully saturated rings. The largest absolute Gasteiger partial charge is 0.445 e. The average Bonchev–Trinajstić information content (AvgIpc) is 3.15. The van der Waals surface area contributed by atoms with Crippen LogP contribution in [-0.4, -0.2) is 21.7 Å². The second kappa shape index (κ2) is 5.76. The molecule has 1 aromatic heterocycles. The van der Waals surface area contributed by atoms with E-state index in [2.05, 4.69) is 5.10 Å². The van der Waals surface area contributed by atoms with Gasteiger partial charge in [0.2, 0.25) is 12.1 Å². The van der Waals surface area contributed by atoms with E-state index in [0.29, 0.717) is 10.4 Å². The summed E-state index contributed by atoms with van der Waals surface area (Å²) in [5.41, 5.74) is 0.548. The Hall–Kier alpha value is -2.81. The van der Waals surface area contributed by atoms with Crippen LogP contribution in [0.1, 0.15) is 23.6 Å². The molecule has 1 amide bonds. The minimum atomic E-state index is -0.829. The van der Waals surface area contributed by atoms with Crippen LogP contribution < -0.4 is 0 Å². The summed E-state index contributed by atoms with van der Waals surface area (Å²) in [6.07, 6.45) is -0.829. The van der Waals surface area contributed by atoms with Crippen molar-refractivity contribution in [1.29, 1.82) is 0 Å². The van der Waals surface area contributed by atoms with E-state index in [4.69, 9.17) is 4.74 Å². The predicted octanol–water partition coefficient (Wildman–Crippen LogP) is 3.03. The van der Waals surface area contributed by atoms with E-state index in [1.54, 1.807) is 0 Å². The number of halogens is 1. The molecule has 0 aliphatic carbocycles. The van der Waals surface area contributed by atoms with Crippen molar-refractivity contribution in [1.82, 2.24) is 5.01 Å². The van der Waals surface area contributed by atoms with E-state index in [1.165, 1.54) is 43.3 Å². The van der Waals surface area contributed by atoms with Gasteiger partial charge in [-0.1, -0.05) is 23.5 Å². The Morgan fingerprint density at radius 3 is 2.61 bits per heavy atom. The number of thiophene rings is 1. The lowest BCUT2D eigenvalue weighted by Crippen LogP contribution is -2.25. The number of nitrogens with zero attached hydrogens (tertiary/aromatic N) is 3. The summed E-state index contributed by atoms with van der Waals surface area (Å²) in [7, 11) is 0. The highest BCUT2D eigenvalue weighted by Crippen LogP contribution is 2.33. The number of hydrogen-bond donors (Lipinski definition) is 0. The van der Waals surface area contributed by atoms with Crippen LogP contribution in [-0.2, 0) is 9.53 Å². The number of hydrogen-bond acceptors (Lipinski definition) is 6. The fourth-order valence-electron chi connectivity index (χ4n) is 2.05. The van der Waals surface area contributed by atoms with Gasteiger partial charge < -0.3 is 4.74 Å². The van der Waals surface area contributed by atoms with Crippen LogP contribution in [0.5, 0.6) is 0 Å². The highest BCUT2D eigenvalue weighted by atomic mass is 32.1. The quantitative estimate of drug-likeness (QED) is 0.637. The first-order chi connectivity index (χ1) is 11.0. The first-order valence-electron chi connectivity index (χ1n) is 6.51. The molecule has 0 saturated carbocycles. The van der Waals surface area contributed by atoms with Gasteiger partial charge in [-0.05, 0) is 18.2 Å². The molecular formula is C14H10FN3O4S. The highest BCUT2D eigenvalue weighted by molar-refractivity contribution is 7.17. The lowest BCUT2D eigenvalue weighted by Gasteiger charge is -2.19. The summed E-state index contributed by atoms with van der Waals surface area (Å²) in [6.45, 7) is 1.32. The van der Waals surface area contributed by atoms with E-state index in [1.807, 2.05) is 0 Å². The topological polar surface area (TPSA) is 85.0 Å². The summed E-state index contributed by atoms with van der Waals surface area (Å²) >= 11 is 0.899. The summed E-state index contributed by atoms with van der Waals surface area (Å²) in [5, 5.41) is 15.9. The Morgan fingerprint density at radius 1 is 1.35 bits per heavy atom. The van der Waals surface area contributed by atoms with Crippen molar-refractivity contribution in [2.45, 2.75) is 13.2 Å². The van der Waals surface area contributed by atoms with Gasteiger partial charge in [-0.2, -0.15) is 5.01 Å². The van der Waals surface area contributed by atoms with Crippen LogP contribution in [0.15, 0.2) is 41.5 Å². The van der Waals surface area contributed by atoms with E-state index in [-0.39, 0.29) is 16.8 Å². The lowest BCUT2D eigenvalue weighted by molar-refractivity contribution is -0.380. The number of ether oxygens (including phenoxy) is 1. The average molecular weight is 335 g/mol. The molecule has 2 heterocycles. The third kappa shape index (κ3) is 2.90. The minimum Gasteiger partial charge on any atom is -0.445 e. The van der Waals surface area contributed by atoms with Crippen molar-refractivity contribution < 1.29 is 18.8 Å². The summed E-state index contributed by atoms with van der Waals surface area (Å²) < 4.78 is 18.7. The zero-order chi connectivity index (χ0) is 16.6. The van der Waals surface area contributed by atoms with Gasteiger partial charge in [-0.3, -0.25) is 14.9 Å². The molecule has 0 saturated heterocycles. The number of amides is 1. The van der Waals surface area contributed by atoms with Crippen LogP contribution >= 0.6 is 11.3 Å². The molecule has 0 N–H and O–H groups in total. The first-order valence-corrected chi connectivity index (χ1v) is 7.32. The molecule has 0 radical (unpaired) electrons. The van der Waals surface area contributed by atoms with Crippen LogP contribution in [0, 0.1) is 15.9 Å². The van der Waals surface area contributed by atoms with Gasteiger partial charge in [0.1, 0.15) is 5.82 Å². The van der Waals surface area contributed by atoms with E-state index in [9.17, 15) is 19.3 Å². The number of rotatable bonds is 3. The zero-order valence-corrected chi connectivity index (χ0v) is 12.6. The maximum atomic E-state index is 13.0. The van der Waals surface area contributed by atoms with Gasteiger partial charge in [-0.25, -0.2) is 4.39 Å². The van der Waals surface area contributed by atoms with Gasteiger partial charge in [0.05, 0.1) is 9.80 Å². The molecule has 2 aromatic rings. The second-order valence-electron chi connectivity index (χ2n) is 4.69. The summed E-state index contributed by atoms with van der Waals surface area (Å²) in [5.74, 6) is -0.649. The number of carbonyl (C=O) groups excluding carboxylic acids is 1. The molecule has 7 nitrogen and oxygen atoms in total. The molecule has 1 atom stereocenters. The lowest BCUT2D eigenvalue weighted by atomic mass is 10.2. The standard InChI is InChI=1S/C14H10FN3O4S/c1-8(19)17-14(9-2-4-10(15)5-3-9)22-13(16-17)11-6-7-12(23-11)18(20)21/h2-7,14H,1H3. The van der Waals surface area contributed by atoms with Gasteiger partial charge in [0, 0.05) is 18.6 Å². The Bertz CT molecular complexity index is 803. The molecule has 1 aliphatic heterocycles. The molecule has 23 heavy (non-hydrogen) atoms. The van der Waals surface area contributed by atoms with Gasteiger partial charge in [-0.15, -0.1) is 5.10 Å². The predicted molar refractivity (Wildman–Crippen MR) is 80.3 cm³/mol. The molecule has 1 aromatic carbocycles. The van der Waals surface area contributed by atoms with Gasteiger partial charge in [0.15, 0.2) is 0 Å². The number of hydrazone groups is 1. The normalized spacial score (nSPS) is 16.9. The molecule has 118 valence electrons. The SMILES string of the molecule is CC(=O)N1N=C(c2ccc([N+](=O)[O-])s2)OC1c1ccc(F)cc1. The molecule has 3 rings (SSSR count). The Kier molecular flexibility index (Phi) is 3.78. The van der Waals surface area contributed by atoms with Crippen molar-refractivity contribution in [2.75, 3.05) is 0 Å². The fraction of sp³-hybridized carbons (Fsp3) is 0.143. The van der Waals surface area contributed by atoms with E-state index in [0.717, 1.165) is 16.3 Å². The summed E-state index contributed by atoms with van der Waals surface area (Å²) in [4.78, 5) is 22.4. The van der Waals surface area contributed by atoms with E-state index < -0.39 is 17.0 Å². The molecule has 0 bridgehead atoms. The van der Waals surface area contributed by atoms with Crippen LogP contribution in [0.2, 0.25) is 0 Å². The maximum absolute atomic E-state index is 13.0. The van der Waals surface area contributed by atoms with Crippen molar-refractivity contribution >= 4 is 28.1 Å². The molecule has 1 aliphatic rings. The molecule has 9 heteroatoms. The number of carbonyl (C=O) groups is 1. The number of benzene rings is 1. The van der Waals surface area contributed by atoms with Crippen molar-refractivity contribution in [3.63, 3.8) is 0 Å². The minimum absolute atomic E-state index is 0.0501. The van der Waals surface area contributed by atoms with Crippen molar-refractivity contribution in [2.24, 2.45) is 5.10 Å². The Morgan fingerprint density at radius 2 is 2.04 bits per heavy atom.